The summed E-state index contributed by atoms with van der Waals surface area (Å²) in [6.45, 7) is 1.33. The largest absolute Gasteiger partial charge is 0.495 e. The second kappa shape index (κ2) is 10.3. The molecule has 9 nitrogen and oxygen atoms in total. The molecule has 0 aliphatic carbocycles. The number of hydrogen-bond acceptors (Lipinski definition) is 6. The molecule has 0 spiro atoms. The number of methoxy groups -OCH3 is 1. The van der Waals surface area contributed by atoms with Crippen molar-refractivity contribution in [2.24, 2.45) is 0 Å². The number of nitrogens with one attached hydrogen (secondary N) is 1. The number of nitro groups is 1. The molecule has 0 fully saturated rings. The second-order valence-corrected chi connectivity index (χ2v) is 9.56. The maximum Gasteiger partial charge on any atom is 0.271 e. The predicted molar refractivity (Wildman–Crippen MR) is 129 cm³/mol. The van der Waals surface area contributed by atoms with Gasteiger partial charge in [0.2, 0.25) is 15.9 Å². The van der Waals surface area contributed by atoms with Gasteiger partial charge >= 0.3 is 0 Å². The van der Waals surface area contributed by atoms with E-state index in [2.05, 4.69) is 5.32 Å². The summed E-state index contributed by atoms with van der Waals surface area (Å²) in [5.74, 6) is -0.501. The fourth-order valence-corrected chi connectivity index (χ4v) is 4.45. The number of carbonyl (C=O) groups excluding carboxylic acids is 1. The molecule has 0 heterocycles. The summed E-state index contributed by atoms with van der Waals surface area (Å²) in [4.78, 5) is 23.8. The van der Waals surface area contributed by atoms with E-state index in [4.69, 9.17) is 4.74 Å². The molecule has 1 atom stereocenters. The van der Waals surface area contributed by atoms with Crippen molar-refractivity contribution in [1.82, 2.24) is 5.32 Å². The lowest BCUT2D eigenvalue weighted by Crippen LogP contribution is -2.42. The fourth-order valence-electron chi connectivity index (χ4n) is 3.60. The number of ether oxygens (including phenoxy) is 1. The van der Waals surface area contributed by atoms with E-state index in [-0.39, 0.29) is 17.1 Å². The molecular formula is C24H25N3O6S. The van der Waals surface area contributed by atoms with Crippen LogP contribution in [0.1, 0.15) is 22.7 Å². The monoisotopic (exact) mass is 483 g/mol. The Labute approximate surface area is 198 Å². The fraction of sp³-hybridized carbons (Fsp3) is 0.208. The first-order valence-corrected chi connectivity index (χ1v) is 12.2. The van der Waals surface area contributed by atoms with Crippen molar-refractivity contribution in [3.63, 3.8) is 0 Å². The van der Waals surface area contributed by atoms with Gasteiger partial charge in [-0.25, -0.2) is 8.42 Å². The van der Waals surface area contributed by atoms with Crippen LogP contribution in [-0.2, 0) is 14.8 Å². The lowest BCUT2D eigenvalue weighted by atomic mass is 9.95. The van der Waals surface area contributed by atoms with Crippen LogP contribution in [0.15, 0.2) is 72.8 Å². The molecule has 1 N–H and O–H groups in total. The molecule has 0 bridgehead atoms. The molecule has 1 unspecified atom stereocenters. The maximum atomic E-state index is 13.2. The van der Waals surface area contributed by atoms with E-state index in [1.54, 1.807) is 0 Å². The molecule has 3 aromatic carbocycles. The van der Waals surface area contributed by atoms with Crippen molar-refractivity contribution in [1.29, 1.82) is 0 Å². The number of non-ortho nitro benzene ring substituents is 1. The van der Waals surface area contributed by atoms with Gasteiger partial charge in [0.1, 0.15) is 18.0 Å². The molecule has 178 valence electrons. The van der Waals surface area contributed by atoms with Crippen molar-refractivity contribution in [2.75, 3.05) is 24.2 Å². The third kappa shape index (κ3) is 5.70. The van der Waals surface area contributed by atoms with E-state index in [0.29, 0.717) is 0 Å². The minimum Gasteiger partial charge on any atom is -0.495 e. The Bertz CT molecular complexity index is 1300. The van der Waals surface area contributed by atoms with Gasteiger partial charge < -0.3 is 10.1 Å². The van der Waals surface area contributed by atoms with Gasteiger partial charge in [0.25, 0.3) is 5.69 Å². The van der Waals surface area contributed by atoms with Gasteiger partial charge in [-0.1, -0.05) is 54.6 Å². The summed E-state index contributed by atoms with van der Waals surface area (Å²) in [5.41, 5.74) is 2.22. The number of amides is 1. The maximum absolute atomic E-state index is 13.2. The summed E-state index contributed by atoms with van der Waals surface area (Å²) in [7, 11) is -2.68. The van der Waals surface area contributed by atoms with E-state index in [1.165, 1.54) is 19.2 Å². The van der Waals surface area contributed by atoms with Crippen LogP contribution < -0.4 is 14.4 Å². The van der Waals surface area contributed by atoms with Crippen LogP contribution in [0.3, 0.4) is 0 Å². The quantitative estimate of drug-likeness (QED) is 0.367. The van der Waals surface area contributed by atoms with Crippen LogP contribution in [0.2, 0.25) is 0 Å². The number of aryl methyl sites for hydroxylation is 1. The number of hydrogen-bond donors (Lipinski definition) is 1. The minimum atomic E-state index is -3.99. The van der Waals surface area contributed by atoms with E-state index >= 15 is 0 Å². The molecule has 0 saturated carbocycles. The van der Waals surface area contributed by atoms with Crippen molar-refractivity contribution < 1.29 is 22.9 Å². The van der Waals surface area contributed by atoms with Crippen LogP contribution in [0.5, 0.6) is 5.75 Å². The number of sulfonamides is 1. The smallest absolute Gasteiger partial charge is 0.271 e. The van der Waals surface area contributed by atoms with Crippen molar-refractivity contribution >= 4 is 27.3 Å². The highest BCUT2D eigenvalue weighted by atomic mass is 32.2. The van der Waals surface area contributed by atoms with Crippen LogP contribution in [-0.4, -0.2) is 39.2 Å². The third-order valence-electron chi connectivity index (χ3n) is 5.27. The van der Waals surface area contributed by atoms with Crippen molar-refractivity contribution in [3.8, 4) is 5.75 Å². The first kappa shape index (κ1) is 24.7. The average Bonchev–Trinajstić information content (AvgIpc) is 2.81. The molecule has 0 saturated heterocycles. The molecule has 34 heavy (non-hydrogen) atoms. The summed E-state index contributed by atoms with van der Waals surface area (Å²) in [5, 5.41) is 14.2. The van der Waals surface area contributed by atoms with E-state index in [1.807, 2.05) is 61.5 Å². The second-order valence-electron chi connectivity index (χ2n) is 7.65. The van der Waals surface area contributed by atoms with Gasteiger partial charge in [-0.2, -0.15) is 0 Å². The molecule has 0 aromatic heterocycles. The Morgan fingerprint density at radius 1 is 1.09 bits per heavy atom. The van der Waals surface area contributed by atoms with Gasteiger partial charge in [0, 0.05) is 12.1 Å². The summed E-state index contributed by atoms with van der Waals surface area (Å²) >= 11 is 0. The zero-order chi connectivity index (χ0) is 24.9. The lowest BCUT2D eigenvalue weighted by molar-refractivity contribution is -0.384. The Hall–Kier alpha value is -3.92. The molecule has 0 aliphatic rings. The first-order chi connectivity index (χ1) is 16.1. The summed E-state index contributed by atoms with van der Waals surface area (Å²) < 4.78 is 31.2. The van der Waals surface area contributed by atoms with E-state index < -0.39 is 33.4 Å². The Kier molecular flexibility index (Phi) is 7.52. The van der Waals surface area contributed by atoms with Gasteiger partial charge in [0.05, 0.1) is 24.3 Å². The Balaban J connectivity index is 1.98. The van der Waals surface area contributed by atoms with Crippen LogP contribution in [0.25, 0.3) is 0 Å². The van der Waals surface area contributed by atoms with Crippen molar-refractivity contribution in [3.05, 3.63) is 99.6 Å². The molecule has 0 radical (unpaired) electrons. The number of nitrogens with zero attached hydrogens (tertiary/aromatic N) is 2. The summed E-state index contributed by atoms with van der Waals surface area (Å²) in [6.07, 6.45) is 0.925. The number of anilines is 1. The normalized spacial score (nSPS) is 12.0. The Morgan fingerprint density at radius 3 is 2.32 bits per heavy atom. The number of rotatable bonds is 9. The van der Waals surface area contributed by atoms with Gasteiger partial charge in [-0.3, -0.25) is 19.2 Å². The average molecular weight is 484 g/mol. The zero-order valence-electron chi connectivity index (χ0n) is 19.0. The van der Waals surface area contributed by atoms with Gasteiger partial charge in [-0.05, 0) is 29.7 Å². The number of nitro benzene ring substituents is 1. The van der Waals surface area contributed by atoms with Crippen LogP contribution in [0.4, 0.5) is 11.4 Å². The predicted octanol–water partition coefficient (Wildman–Crippen LogP) is 3.58. The molecule has 3 rings (SSSR count). The molecule has 1 amide bonds. The van der Waals surface area contributed by atoms with Gasteiger partial charge in [0.15, 0.2) is 0 Å². The highest BCUT2D eigenvalue weighted by molar-refractivity contribution is 7.92. The molecular weight excluding hydrogens is 458 g/mol. The third-order valence-corrected chi connectivity index (χ3v) is 6.39. The SMILES string of the molecule is COc1ccc([N+](=O)[O-])cc1N(CC(=O)NC(c1ccccc1)c1ccccc1C)S(C)(=O)=O. The van der Waals surface area contributed by atoms with Crippen LogP contribution >= 0.6 is 0 Å². The highest BCUT2D eigenvalue weighted by Gasteiger charge is 2.28. The highest BCUT2D eigenvalue weighted by Crippen LogP contribution is 2.34. The van der Waals surface area contributed by atoms with Crippen LogP contribution in [0, 0.1) is 17.0 Å². The van der Waals surface area contributed by atoms with Gasteiger partial charge in [-0.15, -0.1) is 0 Å². The Morgan fingerprint density at radius 2 is 1.74 bits per heavy atom. The standard InChI is InChI=1S/C24H25N3O6S/c1-17-9-7-8-12-20(17)24(18-10-5-4-6-11-18)25-23(28)16-26(34(3,31)32)21-15-19(27(29)30)13-14-22(21)33-2/h4-15,24H,16H2,1-3H3,(H,25,28). The minimum absolute atomic E-state index is 0.0855. The van der Waals surface area contributed by atoms with E-state index in [9.17, 15) is 23.3 Å². The molecule has 10 heteroatoms. The van der Waals surface area contributed by atoms with E-state index in [0.717, 1.165) is 33.3 Å². The number of carbonyl (C=O) groups is 1. The lowest BCUT2D eigenvalue weighted by Gasteiger charge is -2.26. The van der Waals surface area contributed by atoms with Crippen molar-refractivity contribution in [2.45, 2.75) is 13.0 Å². The first-order valence-electron chi connectivity index (χ1n) is 10.3. The zero-order valence-corrected chi connectivity index (χ0v) is 19.8. The summed E-state index contributed by atoms with van der Waals surface area (Å²) in [6, 6.07) is 19.9. The number of benzene rings is 3. The molecule has 3 aromatic rings. The topological polar surface area (TPSA) is 119 Å². The molecule has 0 aliphatic heterocycles.